The van der Waals surface area contributed by atoms with E-state index < -0.39 is 11.5 Å². The molecule has 30 heavy (non-hydrogen) atoms. The third kappa shape index (κ3) is 3.63. The summed E-state index contributed by atoms with van der Waals surface area (Å²) >= 11 is 0. The van der Waals surface area contributed by atoms with Crippen LogP contribution in [0.1, 0.15) is 38.3 Å². The highest BCUT2D eigenvalue weighted by atomic mass is 16.2. The number of nitrogens with zero attached hydrogens (tertiary/aromatic N) is 6. The summed E-state index contributed by atoms with van der Waals surface area (Å²) in [5, 5.41) is 0. The Hall–Kier alpha value is -3.35. The smallest absolute Gasteiger partial charge is 0.284 e. The summed E-state index contributed by atoms with van der Waals surface area (Å²) in [6, 6.07) is -0.0359. The van der Waals surface area contributed by atoms with Crippen LogP contribution in [0.2, 0.25) is 0 Å². The van der Waals surface area contributed by atoms with Crippen LogP contribution in [-0.2, 0) is 18.4 Å². The Morgan fingerprint density at radius 2 is 2.00 bits per heavy atom. The van der Waals surface area contributed by atoms with Crippen molar-refractivity contribution in [1.29, 1.82) is 0 Å². The molecular formula is C20H27N7O3. The summed E-state index contributed by atoms with van der Waals surface area (Å²) in [7, 11) is 1.45. The lowest BCUT2D eigenvalue weighted by Crippen LogP contribution is -2.58. The molecule has 2 aromatic rings. The normalized spacial score (nSPS) is 17.0. The molecule has 10 nitrogen and oxygen atoms in total. The molecule has 0 spiro atoms. The van der Waals surface area contributed by atoms with Crippen LogP contribution in [0.15, 0.2) is 4.79 Å². The molecule has 3 heterocycles. The van der Waals surface area contributed by atoms with E-state index in [1.54, 1.807) is 16.4 Å². The Morgan fingerprint density at radius 3 is 2.57 bits per heavy atom. The van der Waals surface area contributed by atoms with Crippen LogP contribution in [0.25, 0.3) is 11.2 Å². The van der Waals surface area contributed by atoms with Crippen LogP contribution in [0, 0.1) is 17.3 Å². The van der Waals surface area contributed by atoms with Crippen LogP contribution in [0.4, 0.5) is 5.95 Å². The second-order valence-corrected chi connectivity index (χ2v) is 8.43. The maximum Gasteiger partial charge on any atom is 0.284 e. The van der Waals surface area contributed by atoms with Gasteiger partial charge in [-0.3, -0.25) is 23.5 Å². The lowest BCUT2D eigenvalue weighted by Gasteiger charge is -2.45. The van der Waals surface area contributed by atoms with Crippen molar-refractivity contribution < 1.29 is 9.59 Å². The van der Waals surface area contributed by atoms with Gasteiger partial charge in [0.25, 0.3) is 11.5 Å². The predicted molar refractivity (Wildman–Crippen MR) is 113 cm³/mol. The molecule has 1 aliphatic rings. The van der Waals surface area contributed by atoms with Gasteiger partial charge in [-0.2, -0.15) is 4.98 Å². The van der Waals surface area contributed by atoms with Gasteiger partial charge in [0.2, 0.25) is 18.2 Å². The quantitative estimate of drug-likeness (QED) is 0.554. The number of primary amides is 1. The molecule has 2 amide bonds. The Balaban J connectivity index is 2.18. The molecule has 0 radical (unpaired) electrons. The molecule has 0 aromatic carbocycles. The summed E-state index contributed by atoms with van der Waals surface area (Å²) < 4.78 is 2.86. The fourth-order valence-corrected chi connectivity index (χ4v) is 3.79. The lowest BCUT2D eigenvalue weighted by atomic mass is 9.84. The Kier molecular flexibility index (Phi) is 5.57. The number of rotatable bonds is 4. The maximum absolute atomic E-state index is 13.0. The van der Waals surface area contributed by atoms with E-state index in [-0.39, 0.29) is 35.0 Å². The van der Waals surface area contributed by atoms with Gasteiger partial charge in [-0.25, -0.2) is 4.98 Å². The van der Waals surface area contributed by atoms with E-state index in [1.807, 2.05) is 4.90 Å². The van der Waals surface area contributed by atoms with Gasteiger partial charge in [-0.05, 0) is 12.3 Å². The minimum atomic E-state index is -0.798. The van der Waals surface area contributed by atoms with E-state index in [1.165, 1.54) is 7.05 Å². The number of nitrogens with two attached hydrogens (primary N) is 1. The van der Waals surface area contributed by atoms with Crippen molar-refractivity contribution in [1.82, 2.24) is 24.0 Å². The third-order valence-corrected chi connectivity index (χ3v) is 5.44. The molecule has 0 saturated carbocycles. The van der Waals surface area contributed by atoms with Gasteiger partial charge in [-0.15, -0.1) is 5.92 Å². The first kappa shape index (κ1) is 21.4. The molecule has 1 atom stereocenters. The first-order chi connectivity index (χ1) is 14.1. The van der Waals surface area contributed by atoms with Crippen LogP contribution in [0.3, 0.4) is 0 Å². The lowest BCUT2D eigenvalue weighted by molar-refractivity contribution is -0.122. The monoisotopic (exact) mass is 413 g/mol. The van der Waals surface area contributed by atoms with Crippen LogP contribution in [0.5, 0.6) is 0 Å². The Morgan fingerprint density at radius 1 is 1.30 bits per heavy atom. The van der Waals surface area contributed by atoms with Gasteiger partial charge < -0.3 is 15.5 Å². The number of hydrogen-bond acceptors (Lipinski definition) is 6. The molecule has 1 unspecified atom stereocenters. The summed E-state index contributed by atoms with van der Waals surface area (Å²) in [4.78, 5) is 48.9. The zero-order chi connectivity index (χ0) is 22.2. The van der Waals surface area contributed by atoms with Crippen molar-refractivity contribution in [2.75, 3.05) is 24.5 Å². The molecule has 3 rings (SSSR count). The van der Waals surface area contributed by atoms with E-state index in [0.717, 1.165) is 11.0 Å². The second-order valence-electron chi connectivity index (χ2n) is 8.43. The highest BCUT2D eigenvalue weighted by molar-refractivity contribution is 5.91. The van der Waals surface area contributed by atoms with Crippen LogP contribution in [-0.4, -0.2) is 62.0 Å². The SMILES string of the molecule is CC#CCn1c(N2CCN(C=O)C(C(C)(C)C)C2)nc2nc(C(N)=O)n(C)c(=O)c21. The summed E-state index contributed by atoms with van der Waals surface area (Å²) in [5.41, 5.74) is 5.24. The van der Waals surface area contributed by atoms with Crippen molar-refractivity contribution in [3.8, 4) is 11.8 Å². The van der Waals surface area contributed by atoms with Gasteiger partial charge in [0.1, 0.15) is 0 Å². The molecule has 10 heteroatoms. The number of piperazine rings is 1. The van der Waals surface area contributed by atoms with Gasteiger partial charge in [-0.1, -0.05) is 26.7 Å². The van der Waals surface area contributed by atoms with Crippen molar-refractivity contribution in [3.05, 3.63) is 16.2 Å². The molecule has 160 valence electrons. The molecule has 1 saturated heterocycles. The number of carbonyl (C=O) groups is 2. The van der Waals surface area contributed by atoms with E-state index in [0.29, 0.717) is 25.6 Å². The van der Waals surface area contributed by atoms with E-state index >= 15 is 0 Å². The zero-order valence-corrected chi connectivity index (χ0v) is 18.0. The Bertz CT molecular complexity index is 1110. The number of carbonyl (C=O) groups excluding carboxylic acids is 2. The van der Waals surface area contributed by atoms with Gasteiger partial charge >= 0.3 is 0 Å². The van der Waals surface area contributed by atoms with Crippen molar-refractivity contribution in [2.24, 2.45) is 18.2 Å². The molecule has 1 aliphatic heterocycles. The van der Waals surface area contributed by atoms with Crippen LogP contribution >= 0.6 is 0 Å². The van der Waals surface area contributed by atoms with Gasteiger partial charge in [0.15, 0.2) is 11.2 Å². The second kappa shape index (κ2) is 7.82. The number of anilines is 1. The van der Waals surface area contributed by atoms with Gasteiger partial charge in [0, 0.05) is 26.7 Å². The topological polar surface area (TPSA) is 119 Å². The summed E-state index contributed by atoms with van der Waals surface area (Å²) in [6.45, 7) is 9.86. The van der Waals surface area contributed by atoms with E-state index in [2.05, 4.69) is 42.6 Å². The first-order valence-electron chi connectivity index (χ1n) is 9.72. The minimum Gasteiger partial charge on any atom is -0.363 e. The zero-order valence-electron chi connectivity index (χ0n) is 18.0. The number of imidazole rings is 1. The van der Waals surface area contributed by atoms with Crippen LogP contribution < -0.4 is 16.2 Å². The van der Waals surface area contributed by atoms with E-state index in [4.69, 9.17) is 5.73 Å². The predicted octanol–water partition coefficient (Wildman–Crippen LogP) is -0.0547. The average Bonchev–Trinajstić information content (AvgIpc) is 3.06. The highest BCUT2D eigenvalue weighted by Crippen LogP contribution is 2.29. The molecule has 0 aliphatic carbocycles. The molecule has 2 N–H and O–H groups in total. The molecule has 0 bridgehead atoms. The van der Waals surface area contributed by atoms with Crippen molar-refractivity contribution >= 4 is 29.4 Å². The fourth-order valence-electron chi connectivity index (χ4n) is 3.79. The molecule has 2 aromatic heterocycles. The Labute approximate surface area is 174 Å². The van der Waals surface area contributed by atoms with Gasteiger partial charge in [0.05, 0.1) is 12.6 Å². The summed E-state index contributed by atoms with van der Waals surface area (Å²) in [6.07, 6.45) is 0.884. The number of amides is 2. The third-order valence-electron chi connectivity index (χ3n) is 5.44. The largest absolute Gasteiger partial charge is 0.363 e. The van der Waals surface area contributed by atoms with Crippen molar-refractivity contribution in [3.63, 3.8) is 0 Å². The van der Waals surface area contributed by atoms with Crippen molar-refractivity contribution in [2.45, 2.75) is 40.3 Å². The first-order valence-corrected chi connectivity index (χ1v) is 9.72. The highest BCUT2D eigenvalue weighted by Gasteiger charge is 2.36. The summed E-state index contributed by atoms with van der Waals surface area (Å²) in [5.74, 6) is 5.41. The number of aromatic nitrogens is 4. The molecular weight excluding hydrogens is 386 g/mol. The number of fused-ring (bicyclic) bond motifs is 1. The minimum absolute atomic E-state index is 0.0359. The fraction of sp³-hybridized carbons (Fsp3) is 0.550. The standard InChI is InChI=1S/C20H27N7O3/c1-6-7-8-27-14-16(22-17(15(21)29)24(5)18(14)30)23-19(27)25-9-10-26(12-28)13(11-25)20(2,3)4/h12-13H,8-11H2,1-5H3,(H2,21,29). The van der Waals surface area contributed by atoms with E-state index in [9.17, 15) is 14.4 Å². The average molecular weight is 413 g/mol. The molecule has 1 fully saturated rings. The number of hydrogen-bond donors (Lipinski definition) is 1. The maximum atomic E-state index is 13.0.